The average Bonchev–Trinajstić information content (AvgIpc) is 2.03. The van der Waals surface area contributed by atoms with Crippen LogP contribution in [-0.4, -0.2) is 17.9 Å². The topological polar surface area (TPSA) is 43.4 Å². The third kappa shape index (κ3) is 2.29. The second kappa shape index (κ2) is 3.90. The zero-order valence-corrected chi connectivity index (χ0v) is 8.37. The molecule has 0 spiro atoms. The lowest BCUT2D eigenvalue weighted by atomic mass is 9.89. The minimum absolute atomic E-state index is 0.0110. The minimum Gasteiger partial charge on any atom is -0.462 e. The number of hydrogen-bond acceptors (Lipinski definition) is 3. The van der Waals surface area contributed by atoms with Gasteiger partial charge < -0.3 is 4.74 Å². The van der Waals surface area contributed by atoms with Gasteiger partial charge in [0.2, 0.25) is 0 Å². The normalized spacial score (nSPS) is 28.8. The third-order valence-electron chi connectivity index (χ3n) is 2.38. The van der Waals surface area contributed by atoms with Crippen molar-refractivity contribution in [2.24, 2.45) is 11.8 Å². The van der Waals surface area contributed by atoms with Crippen LogP contribution in [0.1, 0.15) is 33.6 Å². The highest BCUT2D eigenvalue weighted by molar-refractivity contribution is 6.00. The van der Waals surface area contributed by atoms with Crippen LogP contribution in [0.25, 0.3) is 0 Å². The van der Waals surface area contributed by atoms with Gasteiger partial charge in [-0.05, 0) is 19.8 Å². The van der Waals surface area contributed by atoms with Crippen molar-refractivity contribution in [3.05, 3.63) is 0 Å². The van der Waals surface area contributed by atoms with E-state index < -0.39 is 5.92 Å². The minimum atomic E-state index is -0.504. The van der Waals surface area contributed by atoms with Crippen molar-refractivity contribution in [3.63, 3.8) is 0 Å². The van der Waals surface area contributed by atoms with Crippen LogP contribution < -0.4 is 0 Å². The molecule has 3 heteroatoms. The standard InChI is InChI=1S/C10H16O3/c1-6(2)9(11)8-5-4-7(3)13-10(8)12/h6-8H,4-5H2,1-3H3. The fraction of sp³-hybridized carbons (Fsp3) is 0.800. The highest BCUT2D eigenvalue weighted by Crippen LogP contribution is 2.23. The lowest BCUT2D eigenvalue weighted by molar-refractivity contribution is -0.162. The number of carbonyl (C=O) groups is 2. The number of carbonyl (C=O) groups excluding carboxylic acids is 2. The first-order valence-corrected chi connectivity index (χ1v) is 4.76. The van der Waals surface area contributed by atoms with E-state index in [1.165, 1.54) is 0 Å². The maximum absolute atomic E-state index is 11.5. The highest BCUT2D eigenvalue weighted by Gasteiger charge is 2.34. The van der Waals surface area contributed by atoms with Gasteiger partial charge in [-0.3, -0.25) is 9.59 Å². The van der Waals surface area contributed by atoms with Crippen molar-refractivity contribution in [2.75, 3.05) is 0 Å². The van der Waals surface area contributed by atoms with Crippen LogP contribution in [0.2, 0.25) is 0 Å². The fourth-order valence-electron chi connectivity index (χ4n) is 1.52. The molecule has 1 aliphatic heterocycles. The summed E-state index contributed by atoms with van der Waals surface area (Å²) in [6, 6.07) is 0. The highest BCUT2D eigenvalue weighted by atomic mass is 16.5. The van der Waals surface area contributed by atoms with E-state index in [1.807, 2.05) is 20.8 Å². The van der Waals surface area contributed by atoms with Crippen molar-refractivity contribution < 1.29 is 14.3 Å². The monoisotopic (exact) mass is 184 g/mol. The quantitative estimate of drug-likeness (QED) is 0.483. The van der Waals surface area contributed by atoms with Crippen LogP contribution in [0.3, 0.4) is 0 Å². The van der Waals surface area contributed by atoms with Gasteiger partial charge in [-0.1, -0.05) is 13.8 Å². The zero-order valence-electron chi connectivity index (χ0n) is 8.37. The third-order valence-corrected chi connectivity index (χ3v) is 2.38. The Kier molecular flexibility index (Phi) is 3.07. The van der Waals surface area contributed by atoms with Crippen molar-refractivity contribution in [1.29, 1.82) is 0 Å². The fourth-order valence-corrected chi connectivity index (χ4v) is 1.52. The average molecular weight is 184 g/mol. The summed E-state index contributed by atoms with van der Waals surface area (Å²) in [5, 5.41) is 0. The van der Waals surface area contributed by atoms with Gasteiger partial charge in [0.25, 0.3) is 0 Å². The van der Waals surface area contributed by atoms with Gasteiger partial charge in [-0.25, -0.2) is 0 Å². The van der Waals surface area contributed by atoms with Gasteiger partial charge in [0.1, 0.15) is 11.7 Å². The first-order chi connectivity index (χ1) is 6.02. The molecule has 74 valence electrons. The van der Waals surface area contributed by atoms with E-state index in [2.05, 4.69) is 0 Å². The summed E-state index contributed by atoms with van der Waals surface area (Å²) in [7, 11) is 0. The molecule has 3 nitrogen and oxygen atoms in total. The van der Waals surface area contributed by atoms with Crippen LogP contribution in [0.4, 0.5) is 0 Å². The van der Waals surface area contributed by atoms with E-state index in [0.29, 0.717) is 6.42 Å². The van der Waals surface area contributed by atoms with Crippen LogP contribution in [0.5, 0.6) is 0 Å². The number of esters is 1. The first kappa shape index (κ1) is 10.2. The van der Waals surface area contributed by atoms with Crippen molar-refractivity contribution in [1.82, 2.24) is 0 Å². The van der Waals surface area contributed by atoms with E-state index in [9.17, 15) is 9.59 Å². The maximum Gasteiger partial charge on any atom is 0.316 e. The van der Waals surface area contributed by atoms with Gasteiger partial charge in [-0.15, -0.1) is 0 Å². The molecule has 1 rings (SSSR count). The van der Waals surface area contributed by atoms with Gasteiger partial charge in [0, 0.05) is 5.92 Å². The Labute approximate surface area is 78.5 Å². The van der Waals surface area contributed by atoms with E-state index in [4.69, 9.17) is 4.74 Å². The van der Waals surface area contributed by atoms with E-state index in [1.54, 1.807) is 0 Å². The molecule has 0 aromatic carbocycles. The Morgan fingerprint density at radius 1 is 1.46 bits per heavy atom. The summed E-state index contributed by atoms with van der Waals surface area (Å²) >= 11 is 0. The van der Waals surface area contributed by atoms with Gasteiger partial charge in [-0.2, -0.15) is 0 Å². The van der Waals surface area contributed by atoms with E-state index >= 15 is 0 Å². The zero-order chi connectivity index (χ0) is 10.0. The Balaban J connectivity index is 2.61. The number of cyclic esters (lactones) is 1. The van der Waals surface area contributed by atoms with Crippen molar-refractivity contribution in [3.8, 4) is 0 Å². The van der Waals surface area contributed by atoms with Crippen LogP contribution in [-0.2, 0) is 14.3 Å². The predicted molar refractivity (Wildman–Crippen MR) is 48.1 cm³/mol. The molecule has 0 radical (unpaired) electrons. The summed E-state index contributed by atoms with van der Waals surface area (Å²) in [5.74, 6) is -0.906. The maximum atomic E-state index is 11.5. The molecule has 1 aliphatic rings. The molecular weight excluding hydrogens is 168 g/mol. The van der Waals surface area contributed by atoms with Gasteiger partial charge >= 0.3 is 5.97 Å². The van der Waals surface area contributed by atoms with Crippen LogP contribution in [0.15, 0.2) is 0 Å². The Morgan fingerprint density at radius 3 is 2.54 bits per heavy atom. The van der Waals surface area contributed by atoms with Crippen LogP contribution in [0, 0.1) is 11.8 Å². The number of Topliss-reactive ketones (excluding diaryl/α,β-unsaturated/α-hetero) is 1. The smallest absolute Gasteiger partial charge is 0.316 e. The molecule has 1 heterocycles. The predicted octanol–water partition coefficient (Wildman–Crippen LogP) is 1.55. The van der Waals surface area contributed by atoms with Crippen molar-refractivity contribution in [2.45, 2.75) is 39.7 Å². The molecule has 0 amide bonds. The largest absolute Gasteiger partial charge is 0.462 e. The second-order valence-corrected chi connectivity index (χ2v) is 3.93. The van der Waals surface area contributed by atoms with Gasteiger partial charge in [0.15, 0.2) is 0 Å². The Morgan fingerprint density at radius 2 is 2.08 bits per heavy atom. The SMILES string of the molecule is CC1CCC(C(=O)C(C)C)C(=O)O1. The molecular formula is C10H16O3. The molecule has 0 N–H and O–H groups in total. The van der Waals surface area contributed by atoms with Crippen molar-refractivity contribution >= 4 is 11.8 Å². The molecule has 2 atom stereocenters. The Hall–Kier alpha value is -0.860. The molecule has 0 aromatic heterocycles. The first-order valence-electron chi connectivity index (χ1n) is 4.76. The lowest BCUT2D eigenvalue weighted by Gasteiger charge is -2.25. The molecule has 13 heavy (non-hydrogen) atoms. The number of rotatable bonds is 2. The molecule has 0 aliphatic carbocycles. The number of ether oxygens (including phenoxy) is 1. The molecule has 2 unspecified atom stereocenters. The molecule has 1 saturated heterocycles. The summed E-state index contributed by atoms with van der Waals surface area (Å²) in [6.07, 6.45) is 1.43. The summed E-state index contributed by atoms with van der Waals surface area (Å²) in [6.45, 7) is 5.48. The summed E-state index contributed by atoms with van der Waals surface area (Å²) in [5.41, 5.74) is 0. The number of hydrogen-bond donors (Lipinski definition) is 0. The van der Waals surface area contributed by atoms with E-state index in [0.717, 1.165) is 6.42 Å². The molecule has 1 fully saturated rings. The van der Waals surface area contributed by atoms with Crippen LogP contribution >= 0.6 is 0 Å². The summed E-state index contributed by atoms with van der Waals surface area (Å²) < 4.78 is 5.01. The molecule has 0 saturated carbocycles. The second-order valence-electron chi connectivity index (χ2n) is 3.93. The Bertz CT molecular complexity index is 220. The molecule has 0 bridgehead atoms. The number of ketones is 1. The van der Waals surface area contributed by atoms with E-state index in [-0.39, 0.29) is 23.8 Å². The van der Waals surface area contributed by atoms with Gasteiger partial charge in [0.05, 0.1) is 6.10 Å². The lowest BCUT2D eigenvalue weighted by Crippen LogP contribution is -2.36. The summed E-state index contributed by atoms with van der Waals surface area (Å²) in [4.78, 5) is 22.8. The molecule has 0 aromatic rings.